The molecule has 1 N–H and O–H groups in total. The molecule has 0 radical (unpaired) electrons. The molecule has 0 saturated carbocycles. The fraction of sp³-hybridized carbons (Fsp3) is 0.933. The lowest BCUT2D eigenvalue weighted by atomic mass is 9.84. The van der Waals surface area contributed by atoms with Crippen molar-refractivity contribution in [3.05, 3.63) is 0 Å². The first-order valence-corrected chi connectivity index (χ1v) is 7.72. The van der Waals surface area contributed by atoms with Crippen molar-refractivity contribution in [1.82, 2.24) is 10.2 Å². The number of nitrogens with one attached hydrogen (secondary N) is 1. The van der Waals surface area contributed by atoms with E-state index < -0.39 is 0 Å². The fourth-order valence-corrected chi connectivity index (χ4v) is 3.56. The number of hydrogen-bond acceptors (Lipinski definition) is 2. The van der Waals surface area contributed by atoms with Crippen LogP contribution < -0.4 is 5.32 Å². The van der Waals surface area contributed by atoms with Crippen LogP contribution in [-0.2, 0) is 4.79 Å². The molecule has 2 unspecified atom stereocenters. The second-order valence-corrected chi connectivity index (χ2v) is 6.06. The Labute approximate surface area is 111 Å². The number of rotatable bonds is 4. The van der Waals surface area contributed by atoms with Crippen molar-refractivity contribution in [2.75, 3.05) is 19.6 Å². The Hall–Kier alpha value is -0.570. The zero-order chi connectivity index (χ0) is 13.0. The van der Waals surface area contributed by atoms with E-state index in [2.05, 4.69) is 24.1 Å². The molecule has 3 nitrogen and oxygen atoms in total. The van der Waals surface area contributed by atoms with Gasteiger partial charge >= 0.3 is 0 Å². The maximum absolute atomic E-state index is 12.4. The van der Waals surface area contributed by atoms with Gasteiger partial charge in [-0.25, -0.2) is 0 Å². The smallest absolute Gasteiger partial charge is 0.223 e. The van der Waals surface area contributed by atoms with E-state index in [0.29, 0.717) is 17.9 Å². The molecule has 3 heteroatoms. The van der Waals surface area contributed by atoms with Gasteiger partial charge in [0.05, 0.1) is 0 Å². The van der Waals surface area contributed by atoms with Crippen LogP contribution >= 0.6 is 0 Å². The van der Waals surface area contributed by atoms with Crippen molar-refractivity contribution in [2.45, 2.75) is 58.4 Å². The molecule has 0 aromatic rings. The third-order valence-corrected chi connectivity index (χ3v) is 4.85. The molecular formula is C15H28N2O. The zero-order valence-corrected chi connectivity index (χ0v) is 12.0. The fourth-order valence-electron chi connectivity index (χ4n) is 3.56. The topological polar surface area (TPSA) is 32.3 Å². The Kier molecular flexibility index (Phi) is 5.04. The number of carbonyl (C=O) groups is 1. The van der Waals surface area contributed by atoms with E-state index in [1.807, 2.05) is 0 Å². The standard InChI is InChI=1S/C15H28N2O/c1-3-14-5-4-10-17(14)15(18)11-12(2)13-6-8-16-9-7-13/h12-14,16H,3-11H2,1-2H3. The third-order valence-electron chi connectivity index (χ3n) is 4.85. The summed E-state index contributed by atoms with van der Waals surface area (Å²) in [5.41, 5.74) is 0. The lowest BCUT2D eigenvalue weighted by Crippen LogP contribution is -2.38. The molecule has 1 amide bonds. The van der Waals surface area contributed by atoms with E-state index in [1.54, 1.807) is 0 Å². The Balaban J connectivity index is 1.82. The summed E-state index contributed by atoms with van der Waals surface area (Å²) in [6.45, 7) is 7.72. The molecule has 2 saturated heterocycles. The van der Waals surface area contributed by atoms with Gasteiger partial charge in [0.2, 0.25) is 5.91 Å². The van der Waals surface area contributed by atoms with Crippen LogP contribution in [0.15, 0.2) is 0 Å². The molecule has 0 spiro atoms. The quantitative estimate of drug-likeness (QED) is 0.833. The van der Waals surface area contributed by atoms with Crippen molar-refractivity contribution in [3.8, 4) is 0 Å². The second-order valence-electron chi connectivity index (χ2n) is 6.06. The molecular weight excluding hydrogens is 224 g/mol. The molecule has 0 aromatic carbocycles. The van der Waals surface area contributed by atoms with Gasteiger partial charge in [0.25, 0.3) is 0 Å². The average molecular weight is 252 g/mol. The van der Waals surface area contributed by atoms with E-state index in [0.717, 1.165) is 38.4 Å². The van der Waals surface area contributed by atoms with Crippen LogP contribution in [0, 0.1) is 11.8 Å². The molecule has 2 rings (SSSR count). The maximum atomic E-state index is 12.4. The molecule has 0 aromatic heterocycles. The molecule has 104 valence electrons. The SMILES string of the molecule is CCC1CCCN1C(=O)CC(C)C1CCNCC1. The molecule has 2 heterocycles. The Morgan fingerprint density at radius 2 is 2.06 bits per heavy atom. The van der Waals surface area contributed by atoms with E-state index in [9.17, 15) is 4.79 Å². The summed E-state index contributed by atoms with van der Waals surface area (Å²) in [7, 11) is 0. The highest BCUT2D eigenvalue weighted by Gasteiger charge is 2.29. The molecule has 0 aliphatic carbocycles. The van der Waals surface area contributed by atoms with E-state index in [1.165, 1.54) is 25.7 Å². The van der Waals surface area contributed by atoms with E-state index in [4.69, 9.17) is 0 Å². The number of nitrogens with zero attached hydrogens (tertiary/aromatic N) is 1. The van der Waals surface area contributed by atoms with Crippen molar-refractivity contribution >= 4 is 5.91 Å². The molecule has 18 heavy (non-hydrogen) atoms. The summed E-state index contributed by atoms with van der Waals surface area (Å²) >= 11 is 0. The van der Waals surface area contributed by atoms with E-state index in [-0.39, 0.29) is 0 Å². The number of carbonyl (C=O) groups excluding carboxylic acids is 1. The minimum atomic E-state index is 0.408. The molecule has 2 aliphatic heterocycles. The Morgan fingerprint density at radius 3 is 2.72 bits per heavy atom. The van der Waals surface area contributed by atoms with Crippen LogP contribution in [0.1, 0.15) is 52.4 Å². The van der Waals surface area contributed by atoms with Gasteiger partial charge in [-0.2, -0.15) is 0 Å². The first kappa shape index (κ1) is 13.9. The van der Waals surface area contributed by atoms with Crippen LogP contribution in [-0.4, -0.2) is 36.5 Å². The highest BCUT2D eigenvalue weighted by Crippen LogP contribution is 2.27. The summed E-state index contributed by atoms with van der Waals surface area (Å²) in [5.74, 6) is 1.71. The third kappa shape index (κ3) is 3.25. The minimum Gasteiger partial charge on any atom is -0.340 e. The summed E-state index contributed by atoms with van der Waals surface area (Å²) < 4.78 is 0. The highest BCUT2D eigenvalue weighted by atomic mass is 16.2. The first-order valence-electron chi connectivity index (χ1n) is 7.72. The van der Waals surface area contributed by atoms with Crippen LogP contribution in [0.25, 0.3) is 0 Å². The van der Waals surface area contributed by atoms with Crippen LogP contribution in [0.2, 0.25) is 0 Å². The van der Waals surface area contributed by atoms with Gasteiger partial charge in [-0.3, -0.25) is 4.79 Å². The van der Waals surface area contributed by atoms with Gasteiger partial charge in [-0.15, -0.1) is 0 Å². The Morgan fingerprint density at radius 1 is 1.33 bits per heavy atom. The van der Waals surface area contributed by atoms with Gasteiger partial charge in [-0.1, -0.05) is 13.8 Å². The van der Waals surface area contributed by atoms with E-state index >= 15 is 0 Å². The molecule has 0 bridgehead atoms. The van der Waals surface area contributed by atoms with Gasteiger partial charge < -0.3 is 10.2 Å². The molecule has 2 aliphatic rings. The van der Waals surface area contributed by atoms with Crippen LogP contribution in [0.4, 0.5) is 0 Å². The minimum absolute atomic E-state index is 0.408. The molecule has 2 fully saturated rings. The van der Waals surface area contributed by atoms with Crippen molar-refractivity contribution in [1.29, 1.82) is 0 Å². The summed E-state index contributed by atoms with van der Waals surface area (Å²) in [5, 5.41) is 3.40. The van der Waals surface area contributed by atoms with Gasteiger partial charge in [0.15, 0.2) is 0 Å². The number of amides is 1. The zero-order valence-electron chi connectivity index (χ0n) is 12.0. The monoisotopic (exact) mass is 252 g/mol. The van der Waals surface area contributed by atoms with Crippen LogP contribution in [0.5, 0.6) is 0 Å². The van der Waals surface area contributed by atoms with Gasteiger partial charge in [-0.05, 0) is 57.0 Å². The van der Waals surface area contributed by atoms with Crippen molar-refractivity contribution < 1.29 is 4.79 Å². The largest absolute Gasteiger partial charge is 0.340 e. The summed E-state index contributed by atoms with van der Waals surface area (Å²) in [6, 6.07) is 0.526. The Bertz CT molecular complexity index is 274. The number of piperidine rings is 1. The second kappa shape index (κ2) is 6.55. The predicted molar refractivity (Wildman–Crippen MR) is 74.4 cm³/mol. The van der Waals surface area contributed by atoms with Gasteiger partial charge in [0, 0.05) is 19.0 Å². The van der Waals surface area contributed by atoms with Crippen molar-refractivity contribution in [2.24, 2.45) is 11.8 Å². The normalized spacial score (nSPS) is 27.4. The number of hydrogen-bond donors (Lipinski definition) is 1. The van der Waals surface area contributed by atoms with Gasteiger partial charge in [0.1, 0.15) is 0 Å². The van der Waals surface area contributed by atoms with Crippen LogP contribution in [0.3, 0.4) is 0 Å². The molecule has 2 atom stereocenters. The highest BCUT2D eigenvalue weighted by molar-refractivity contribution is 5.77. The number of likely N-dealkylation sites (tertiary alicyclic amines) is 1. The average Bonchev–Trinajstić information content (AvgIpc) is 2.88. The lowest BCUT2D eigenvalue weighted by molar-refractivity contribution is -0.133. The maximum Gasteiger partial charge on any atom is 0.223 e. The predicted octanol–water partition coefficient (Wildman–Crippen LogP) is 2.41. The summed E-state index contributed by atoms with van der Waals surface area (Å²) in [6.07, 6.45) is 6.78. The first-order chi connectivity index (χ1) is 8.72. The summed E-state index contributed by atoms with van der Waals surface area (Å²) in [4.78, 5) is 14.5. The van der Waals surface area contributed by atoms with Crippen molar-refractivity contribution in [3.63, 3.8) is 0 Å². The lowest BCUT2D eigenvalue weighted by Gasteiger charge is -2.30.